The van der Waals surface area contributed by atoms with Gasteiger partial charge in [0.1, 0.15) is 17.9 Å². The third-order valence-electron chi connectivity index (χ3n) is 6.46. The van der Waals surface area contributed by atoms with E-state index < -0.39 is 17.9 Å². The van der Waals surface area contributed by atoms with Gasteiger partial charge in [-0.15, -0.1) is 0 Å². The number of hydrogen-bond donors (Lipinski definition) is 0. The van der Waals surface area contributed by atoms with Gasteiger partial charge in [-0.3, -0.25) is 14.5 Å². The topological polar surface area (TPSA) is 40.6 Å². The van der Waals surface area contributed by atoms with Gasteiger partial charge < -0.3 is 4.23 Å². The van der Waals surface area contributed by atoms with Crippen LogP contribution in [0, 0.1) is 0 Å². The molecule has 2 aromatic carbocycles. The van der Waals surface area contributed by atoms with E-state index in [1.54, 1.807) is 0 Å². The predicted molar refractivity (Wildman–Crippen MR) is 127 cm³/mol. The monoisotopic (exact) mass is 426 g/mol. The summed E-state index contributed by atoms with van der Waals surface area (Å²) in [7, 11) is -1.76. The first-order valence-electron chi connectivity index (χ1n) is 11.2. The van der Waals surface area contributed by atoms with Crippen molar-refractivity contribution in [3.8, 4) is 0 Å². The summed E-state index contributed by atoms with van der Waals surface area (Å²) in [5.41, 5.74) is 1.13. The molecule has 0 aliphatic carbocycles. The minimum atomic E-state index is -0.880. The molecular weight excluding hydrogens is 392 g/mol. The van der Waals surface area contributed by atoms with Crippen LogP contribution in [0.2, 0.25) is 24.2 Å². The molecule has 0 spiro atoms. The number of carbonyl (C=O) groups is 2. The molecule has 2 aromatic rings. The summed E-state index contributed by atoms with van der Waals surface area (Å²) >= 11 is 0. The Balaban J connectivity index is 1.72. The average Bonchev–Trinajstić information content (AvgIpc) is 2.97. The normalized spacial score (nSPS) is 14.1. The highest BCUT2D eigenvalue weighted by Crippen LogP contribution is 2.28. The maximum atomic E-state index is 12.9. The molecule has 0 saturated heterocycles. The van der Waals surface area contributed by atoms with E-state index in [9.17, 15) is 9.59 Å². The fourth-order valence-corrected chi connectivity index (χ4v) is 13.8. The highest BCUT2D eigenvalue weighted by Gasteiger charge is 2.35. The van der Waals surface area contributed by atoms with Crippen LogP contribution in [0.1, 0.15) is 54.8 Å². The highest BCUT2D eigenvalue weighted by molar-refractivity contribution is 6.72. The first-order valence-corrected chi connectivity index (χ1v) is 15.5. The number of fused-ring (bicyclic) bond motifs is 2. The van der Waals surface area contributed by atoms with E-state index in [1.165, 1.54) is 29.1 Å². The minimum Gasteiger partial charge on any atom is -0.350 e. The molecule has 4 nitrogen and oxygen atoms in total. The lowest BCUT2D eigenvalue weighted by Crippen LogP contribution is -2.49. The molecule has 156 valence electrons. The molecule has 3 rings (SSSR count). The summed E-state index contributed by atoms with van der Waals surface area (Å²) in [6.45, 7) is 10.9. The third-order valence-corrected chi connectivity index (χ3v) is 15.2. The van der Waals surface area contributed by atoms with Crippen molar-refractivity contribution >= 4 is 40.5 Å². The van der Waals surface area contributed by atoms with E-state index in [1.807, 2.05) is 36.4 Å². The Morgan fingerprint density at radius 2 is 1.24 bits per heavy atom. The van der Waals surface area contributed by atoms with Crippen LogP contribution in [-0.2, 0) is 0 Å². The SMILES string of the molecule is CC[SiH](CC)N(CCCN1C(=O)c2cc3ccccc3cc2C1=O)[SiH](CC)CC. The maximum absolute atomic E-state index is 12.9. The van der Waals surface area contributed by atoms with Crippen LogP contribution in [0.3, 0.4) is 0 Å². The number of nitrogens with zero attached hydrogens (tertiary/aromatic N) is 2. The molecule has 0 unspecified atom stereocenters. The molecule has 1 aliphatic rings. The lowest BCUT2D eigenvalue weighted by molar-refractivity contribution is 0.0652. The Morgan fingerprint density at radius 3 is 1.66 bits per heavy atom. The summed E-state index contributed by atoms with van der Waals surface area (Å²) in [5, 5.41) is 2.03. The van der Waals surface area contributed by atoms with Crippen LogP contribution < -0.4 is 0 Å². The van der Waals surface area contributed by atoms with Crippen LogP contribution in [0.4, 0.5) is 0 Å². The Kier molecular flexibility index (Phi) is 7.43. The van der Waals surface area contributed by atoms with E-state index in [2.05, 4.69) is 31.9 Å². The van der Waals surface area contributed by atoms with Crippen molar-refractivity contribution in [2.45, 2.75) is 58.3 Å². The van der Waals surface area contributed by atoms with Gasteiger partial charge in [0.05, 0.1) is 11.1 Å². The molecule has 29 heavy (non-hydrogen) atoms. The fraction of sp³-hybridized carbons (Fsp3) is 0.478. The molecule has 0 radical (unpaired) electrons. The second-order valence-electron chi connectivity index (χ2n) is 8.04. The van der Waals surface area contributed by atoms with E-state index in [0.717, 1.165) is 23.7 Å². The molecule has 0 aromatic heterocycles. The van der Waals surface area contributed by atoms with Crippen molar-refractivity contribution in [2.24, 2.45) is 0 Å². The first kappa shape index (κ1) is 21.9. The molecule has 0 bridgehead atoms. The van der Waals surface area contributed by atoms with Crippen molar-refractivity contribution in [1.29, 1.82) is 0 Å². The van der Waals surface area contributed by atoms with Crippen molar-refractivity contribution in [2.75, 3.05) is 13.1 Å². The van der Waals surface area contributed by atoms with E-state index >= 15 is 0 Å². The molecule has 1 heterocycles. The number of imide groups is 1. The van der Waals surface area contributed by atoms with Gasteiger partial charge >= 0.3 is 0 Å². The van der Waals surface area contributed by atoms with E-state index in [0.29, 0.717) is 17.7 Å². The zero-order valence-electron chi connectivity index (χ0n) is 18.3. The van der Waals surface area contributed by atoms with Gasteiger partial charge in [-0.05, 0) is 35.9 Å². The van der Waals surface area contributed by atoms with Crippen molar-refractivity contribution in [3.63, 3.8) is 0 Å². The van der Waals surface area contributed by atoms with Gasteiger partial charge in [-0.2, -0.15) is 0 Å². The highest BCUT2D eigenvalue weighted by atomic mass is 28.4. The summed E-state index contributed by atoms with van der Waals surface area (Å²) < 4.78 is 2.88. The quantitative estimate of drug-likeness (QED) is 0.410. The van der Waals surface area contributed by atoms with Crippen LogP contribution in [0.25, 0.3) is 10.8 Å². The van der Waals surface area contributed by atoms with Gasteiger partial charge in [0, 0.05) is 6.54 Å². The summed E-state index contributed by atoms with van der Waals surface area (Å²) in [5.74, 6) is -0.247. The predicted octanol–water partition coefficient (Wildman–Crippen LogP) is 4.66. The zero-order valence-corrected chi connectivity index (χ0v) is 20.6. The summed E-state index contributed by atoms with van der Waals surface area (Å²) in [6, 6.07) is 16.9. The Morgan fingerprint density at radius 1 is 0.793 bits per heavy atom. The first-order chi connectivity index (χ1) is 14.0. The van der Waals surface area contributed by atoms with Gasteiger partial charge in [-0.1, -0.05) is 76.1 Å². The smallest absolute Gasteiger partial charge is 0.261 e. The van der Waals surface area contributed by atoms with Crippen molar-refractivity contribution in [3.05, 3.63) is 47.5 Å². The maximum Gasteiger partial charge on any atom is 0.261 e. The lowest BCUT2D eigenvalue weighted by atomic mass is 10.0. The van der Waals surface area contributed by atoms with Crippen LogP contribution in [0.5, 0.6) is 0 Å². The fourth-order valence-electron chi connectivity index (χ4n) is 4.77. The molecule has 0 atom stereocenters. The second kappa shape index (κ2) is 9.82. The molecule has 0 N–H and O–H groups in total. The Hall–Kier alpha value is -1.77. The number of hydrogen-bond acceptors (Lipinski definition) is 3. The Labute approximate surface area is 178 Å². The van der Waals surface area contributed by atoms with Crippen molar-refractivity contribution < 1.29 is 9.59 Å². The van der Waals surface area contributed by atoms with Crippen LogP contribution >= 0.6 is 0 Å². The van der Waals surface area contributed by atoms with Gasteiger partial charge in [0.25, 0.3) is 11.8 Å². The molecule has 0 fully saturated rings. The van der Waals surface area contributed by atoms with Crippen LogP contribution in [-0.4, -0.2) is 52.0 Å². The number of carbonyl (C=O) groups excluding carboxylic acids is 2. The molecule has 1 aliphatic heterocycles. The van der Waals surface area contributed by atoms with Gasteiger partial charge in [0.2, 0.25) is 0 Å². The second-order valence-corrected chi connectivity index (χ2v) is 15.8. The van der Waals surface area contributed by atoms with E-state index in [-0.39, 0.29) is 11.8 Å². The number of amides is 2. The Bertz CT molecular complexity index is 812. The summed E-state index contributed by atoms with van der Waals surface area (Å²) in [4.78, 5) is 27.3. The summed E-state index contributed by atoms with van der Waals surface area (Å²) in [6.07, 6.45) is 0.887. The zero-order chi connectivity index (χ0) is 21.0. The number of rotatable bonds is 10. The van der Waals surface area contributed by atoms with Gasteiger partial charge in [-0.25, -0.2) is 0 Å². The van der Waals surface area contributed by atoms with Gasteiger partial charge in [0.15, 0.2) is 0 Å². The standard InChI is InChI=1S/C23H34N2O2Si2/c1-5-28(6-2)25(29(7-3)8-4)15-11-14-24-22(26)20-16-18-12-9-10-13-19(18)17-21(20)23(24)27/h9-10,12-13,16-17,28-29H,5-8,11,14-15H2,1-4H3. The molecule has 2 amide bonds. The minimum absolute atomic E-state index is 0.123. The largest absolute Gasteiger partial charge is 0.350 e. The van der Waals surface area contributed by atoms with Crippen molar-refractivity contribution in [1.82, 2.24) is 9.13 Å². The molecule has 6 heteroatoms. The molecule has 0 saturated carbocycles. The third kappa shape index (κ3) is 4.39. The van der Waals surface area contributed by atoms with Crippen LogP contribution in [0.15, 0.2) is 36.4 Å². The van der Waals surface area contributed by atoms with E-state index in [4.69, 9.17) is 0 Å². The molecular formula is C23H34N2O2Si2. The average molecular weight is 427 g/mol. The number of benzene rings is 2. The lowest BCUT2D eigenvalue weighted by Gasteiger charge is -2.36.